The summed E-state index contributed by atoms with van der Waals surface area (Å²) in [6, 6.07) is 8.19. The van der Waals surface area contributed by atoms with Crippen molar-refractivity contribution in [1.82, 2.24) is 25.6 Å². The van der Waals surface area contributed by atoms with Crippen molar-refractivity contribution >= 4 is 5.91 Å². The summed E-state index contributed by atoms with van der Waals surface area (Å²) in [5.41, 5.74) is 2.36. The molecule has 1 aliphatic heterocycles. The number of carbonyl (C=O) groups is 1. The molecule has 1 atom stereocenters. The number of amides is 1. The predicted octanol–water partition coefficient (Wildman–Crippen LogP) is 2.02. The van der Waals surface area contributed by atoms with Crippen LogP contribution in [0.25, 0.3) is 0 Å². The molecular weight excluding hydrogens is 330 g/mol. The topological polar surface area (TPSA) is 81.1 Å². The van der Waals surface area contributed by atoms with E-state index in [2.05, 4.69) is 20.9 Å². The van der Waals surface area contributed by atoms with Gasteiger partial charge in [0, 0.05) is 0 Å². The molecule has 1 aliphatic rings. The van der Waals surface area contributed by atoms with E-state index in [1.807, 2.05) is 49.7 Å². The second-order valence-corrected chi connectivity index (χ2v) is 6.90. The van der Waals surface area contributed by atoms with E-state index in [0.29, 0.717) is 18.3 Å². The van der Waals surface area contributed by atoms with E-state index in [0.717, 1.165) is 42.9 Å². The van der Waals surface area contributed by atoms with Gasteiger partial charge in [-0.1, -0.05) is 17.3 Å². The number of aromatic nitrogens is 3. The first-order chi connectivity index (χ1) is 12.5. The Bertz CT molecular complexity index is 752. The van der Waals surface area contributed by atoms with Gasteiger partial charge in [-0.3, -0.25) is 4.79 Å². The zero-order valence-corrected chi connectivity index (χ0v) is 15.7. The molecule has 140 valence electrons. The number of piperidine rings is 1. The molecule has 3 rings (SSSR count). The number of carbonyl (C=O) groups excluding carboxylic acids is 1. The van der Waals surface area contributed by atoms with Gasteiger partial charge in [-0.25, -0.2) is 4.68 Å². The van der Waals surface area contributed by atoms with Gasteiger partial charge in [0.2, 0.25) is 0 Å². The van der Waals surface area contributed by atoms with Gasteiger partial charge in [-0.05, 0) is 64.4 Å². The van der Waals surface area contributed by atoms with Gasteiger partial charge in [-0.15, -0.1) is 5.10 Å². The smallest absolute Gasteiger partial charge is 0.273 e. The van der Waals surface area contributed by atoms with Crippen molar-refractivity contribution in [3.8, 4) is 5.75 Å². The van der Waals surface area contributed by atoms with Crippen LogP contribution < -0.4 is 15.4 Å². The molecule has 2 N–H and O–H groups in total. The number of rotatable bonds is 6. The van der Waals surface area contributed by atoms with Crippen molar-refractivity contribution in [2.75, 3.05) is 19.6 Å². The maximum atomic E-state index is 12.5. The lowest BCUT2D eigenvalue weighted by Gasteiger charge is -2.23. The third-order valence-corrected chi connectivity index (χ3v) is 4.67. The standard InChI is InChI=1S/C19H27N5O2/c1-13-5-4-6-17(11-13)26-14(2)12-21-19(25)18-15(3)24(23-22-18)16-7-9-20-10-8-16/h4-6,11,14,16,20H,7-10,12H2,1-3H3,(H,21,25). The van der Waals surface area contributed by atoms with Crippen molar-refractivity contribution in [2.24, 2.45) is 0 Å². The molecule has 1 saturated heterocycles. The fourth-order valence-electron chi connectivity index (χ4n) is 3.23. The third kappa shape index (κ3) is 4.40. The molecule has 1 aromatic carbocycles. The molecule has 0 radical (unpaired) electrons. The van der Waals surface area contributed by atoms with Crippen molar-refractivity contribution in [1.29, 1.82) is 0 Å². The molecule has 0 aliphatic carbocycles. The number of aryl methyl sites for hydroxylation is 1. The second kappa shape index (κ2) is 8.31. The SMILES string of the molecule is Cc1cccc(OC(C)CNC(=O)c2nnn(C3CCNCC3)c2C)c1. The van der Waals surface area contributed by atoms with Gasteiger partial charge >= 0.3 is 0 Å². The van der Waals surface area contributed by atoms with Crippen LogP contribution in [-0.2, 0) is 0 Å². The number of benzene rings is 1. The normalized spacial score (nSPS) is 16.3. The Kier molecular flexibility index (Phi) is 5.88. The molecule has 7 nitrogen and oxygen atoms in total. The Morgan fingerprint density at radius 3 is 2.88 bits per heavy atom. The molecular formula is C19H27N5O2. The van der Waals surface area contributed by atoms with E-state index >= 15 is 0 Å². The average Bonchev–Trinajstić information content (AvgIpc) is 3.02. The van der Waals surface area contributed by atoms with Crippen LogP contribution in [0, 0.1) is 13.8 Å². The van der Waals surface area contributed by atoms with E-state index in [1.54, 1.807) is 0 Å². The molecule has 1 aromatic heterocycles. The zero-order chi connectivity index (χ0) is 18.5. The van der Waals surface area contributed by atoms with E-state index in [-0.39, 0.29) is 12.0 Å². The van der Waals surface area contributed by atoms with Crippen LogP contribution in [0.4, 0.5) is 0 Å². The highest BCUT2D eigenvalue weighted by Crippen LogP contribution is 2.20. The monoisotopic (exact) mass is 357 g/mol. The summed E-state index contributed by atoms with van der Waals surface area (Å²) in [4.78, 5) is 12.5. The molecule has 0 saturated carbocycles. The number of hydrogen-bond acceptors (Lipinski definition) is 5. The third-order valence-electron chi connectivity index (χ3n) is 4.67. The summed E-state index contributed by atoms with van der Waals surface area (Å²) < 4.78 is 7.74. The highest BCUT2D eigenvalue weighted by Gasteiger charge is 2.23. The van der Waals surface area contributed by atoms with Gasteiger partial charge in [0.15, 0.2) is 5.69 Å². The van der Waals surface area contributed by atoms with Crippen molar-refractivity contribution < 1.29 is 9.53 Å². The van der Waals surface area contributed by atoms with Crippen LogP contribution in [0.3, 0.4) is 0 Å². The summed E-state index contributed by atoms with van der Waals surface area (Å²) in [6.07, 6.45) is 1.87. The van der Waals surface area contributed by atoms with Crippen LogP contribution >= 0.6 is 0 Å². The second-order valence-electron chi connectivity index (χ2n) is 6.90. The molecule has 7 heteroatoms. The van der Waals surface area contributed by atoms with Crippen LogP contribution in [0.5, 0.6) is 5.75 Å². The van der Waals surface area contributed by atoms with Gasteiger partial charge in [0.1, 0.15) is 11.9 Å². The summed E-state index contributed by atoms with van der Waals surface area (Å²) in [7, 11) is 0. The largest absolute Gasteiger partial charge is 0.489 e. The highest BCUT2D eigenvalue weighted by atomic mass is 16.5. The Morgan fingerprint density at radius 1 is 1.38 bits per heavy atom. The Labute approximate surface area is 154 Å². The molecule has 1 fully saturated rings. The van der Waals surface area contributed by atoms with Gasteiger partial charge in [0.05, 0.1) is 18.3 Å². The average molecular weight is 357 g/mol. The minimum absolute atomic E-state index is 0.138. The zero-order valence-electron chi connectivity index (χ0n) is 15.7. The minimum atomic E-state index is -0.206. The van der Waals surface area contributed by atoms with Crippen molar-refractivity contribution in [3.63, 3.8) is 0 Å². The van der Waals surface area contributed by atoms with Gasteiger partial charge in [0.25, 0.3) is 5.91 Å². The van der Waals surface area contributed by atoms with Crippen LogP contribution in [0.2, 0.25) is 0 Å². The maximum absolute atomic E-state index is 12.5. The molecule has 1 amide bonds. The molecule has 2 heterocycles. The molecule has 0 bridgehead atoms. The lowest BCUT2D eigenvalue weighted by Crippen LogP contribution is -2.34. The van der Waals surface area contributed by atoms with E-state index in [9.17, 15) is 4.79 Å². The Hall–Kier alpha value is -2.41. The van der Waals surface area contributed by atoms with E-state index in [1.165, 1.54) is 0 Å². The number of ether oxygens (including phenoxy) is 1. The lowest BCUT2D eigenvalue weighted by molar-refractivity contribution is 0.0926. The molecule has 2 aromatic rings. The molecule has 26 heavy (non-hydrogen) atoms. The lowest BCUT2D eigenvalue weighted by atomic mass is 10.1. The van der Waals surface area contributed by atoms with Crippen LogP contribution in [0.1, 0.15) is 47.6 Å². The first-order valence-corrected chi connectivity index (χ1v) is 9.18. The molecule has 1 unspecified atom stereocenters. The summed E-state index contributed by atoms with van der Waals surface area (Å²) in [5, 5.41) is 14.5. The van der Waals surface area contributed by atoms with E-state index in [4.69, 9.17) is 4.74 Å². The quantitative estimate of drug-likeness (QED) is 0.827. The molecule has 0 spiro atoms. The Morgan fingerprint density at radius 2 is 2.15 bits per heavy atom. The van der Waals surface area contributed by atoms with Gasteiger partial charge in [-0.2, -0.15) is 0 Å². The fraction of sp³-hybridized carbons (Fsp3) is 0.526. The van der Waals surface area contributed by atoms with Crippen molar-refractivity contribution in [2.45, 2.75) is 45.8 Å². The van der Waals surface area contributed by atoms with Crippen molar-refractivity contribution in [3.05, 3.63) is 41.2 Å². The number of hydrogen-bond donors (Lipinski definition) is 2. The number of nitrogens with zero attached hydrogens (tertiary/aromatic N) is 3. The predicted molar refractivity (Wildman–Crippen MR) is 99.5 cm³/mol. The maximum Gasteiger partial charge on any atom is 0.273 e. The van der Waals surface area contributed by atoms with Gasteiger partial charge < -0.3 is 15.4 Å². The summed E-state index contributed by atoms with van der Waals surface area (Å²) in [6.45, 7) is 8.21. The van der Waals surface area contributed by atoms with Crippen LogP contribution in [0.15, 0.2) is 24.3 Å². The highest BCUT2D eigenvalue weighted by molar-refractivity contribution is 5.93. The van der Waals surface area contributed by atoms with E-state index < -0.39 is 0 Å². The summed E-state index contributed by atoms with van der Waals surface area (Å²) in [5.74, 6) is 0.599. The van der Waals surface area contributed by atoms with Crippen LogP contribution in [-0.4, -0.2) is 46.6 Å². The fourth-order valence-corrected chi connectivity index (χ4v) is 3.23. The first kappa shape index (κ1) is 18.4. The minimum Gasteiger partial charge on any atom is -0.489 e. The Balaban J connectivity index is 1.55. The number of nitrogens with one attached hydrogen (secondary N) is 2. The summed E-state index contributed by atoms with van der Waals surface area (Å²) >= 11 is 0. The first-order valence-electron chi connectivity index (χ1n) is 9.18.